The summed E-state index contributed by atoms with van der Waals surface area (Å²) in [6, 6.07) is 10.1. The van der Waals surface area contributed by atoms with E-state index in [2.05, 4.69) is 10.3 Å². The van der Waals surface area contributed by atoms with Gasteiger partial charge >= 0.3 is 6.18 Å². The Bertz CT molecular complexity index is 1250. The molecular weight excluding hydrogens is 473 g/mol. The summed E-state index contributed by atoms with van der Waals surface area (Å²) in [6.07, 6.45) is -3.47. The van der Waals surface area contributed by atoms with E-state index in [0.29, 0.717) is 34.2 Å². The summed E-state index contributed by atoms with van der Waals surface area (Å²) < 4.78 is 73.9. The molecule has 0 aliphatic heterocycles. The van der Waals surface area contributed by atoms with Crippen molar-refractivity contribution in [3.63, 3.8) is 0 Å². The van der Waals surface area contributed by atoms with Crippen LogP contribution in [0.3, 0.4) is 0 Å². The summed E-state index contributed by atoms with van der Waals surface area (Å²) in [5, 5.41) is 2.16. The summed E-state index contributed by atoms with van der Waals surface area (Å²) in [4.78, 5) is 16.7. The number of halogens is 3. The van der Waals surface area contributed by atoms with Crippen LogP contribution in [0.25, 0.3) is 0 Å². The van der Waals surface area contributed by atoms with Gasteiger partial charge < -0.3 is 14.6 Å². The van der Waals surface area contributed by atoms with Gasteiger partial charge in [-0.05, 0) is 56.3 Å². The third-order valence-electron chi connectivity index (χ3n) is 4.84. The van der Waals surface area contributed by atoms with Crippen LogP contribution in [-0.4, -0.2) is 37.0 Å². The van der Waals surface area contributed by atoms with E-state index in [1.54, 1.807) is 38.2 Å². The van der Waals surface area contributed by atoms with E-state index >= 15 is 0 Å². The van der Waals surface area contributed by atoms with E-state index in [0.717, 1.165) is 12.1 Å². The first-order valence-corrected chi connectivity index (χ1v) is 11.6. The first-order valence-electron chi connectivity index (χ1n) is 10.1. The summed E-state index contributed by atoms with van der Waals surface area (Å²) >= 11 is 0. The summed E-state index contributed by atoms with van der Waals surface area (Å²) in [6.45, 7) is 3.09. The zero-order chi connectivity index (χ0) is 25.1. The number of alkyl halides is 3. The van der Waals surface area contributed by atoms with Gasteiger partial charge in [0.15, 0.2) is 5.03 Å². The van der Waals surface area contributed by atoms with Gasteiger partial charge in [-0.3, -0.25) is 9.10 Å². The Labute approximate surface area is 195 Å². The van der Waals surface area contributed by atoms with Crippen molar-refractivity contribution in [2.45, 2.75) is 25.0 Å². The van der Waals surface area contributed by atoms with E-state index in [9.17, 15) is 26.4 Å². The lowest BCUT2D eigenvalue weighted by Crippen LogP contribution is -2.38. The fourth-order valence-corrected chi connectivity index (χ4v) is 4.49. The molecule has 0 spiro atoms. The van der Waals surface area contributed by atoms with Crippen molar-refractivity contribution in [3.8, 4) is 5.75 Å². The molecule has 8 nitrogen and oxygen atoms in total. The molecule has 1 N–H and O–H groups in total. The number of amides is 1. The highest BCUT2D eigenvalue weighted by Crippen LogP contribution is 2.33. The molecule has 0 fully saturated rings. The molecule has 3 rings (SSSR count). The van der Waals surface area contributed by atoms with Gasteiger partial charge in [-0.1, -0.05) is 6.07 Å². The minimum absolute atomic E-state index is 0.319. The quantitative estimate of drug-likeness (QED) is 0.509. The first kappa shape index (κ1) is 25.1. The van der Waals surface area contributed by atoms with Crippen LogP contribution >= 0.6 is 0 Å². The van der Waals surface area contributed by atoms with E-state index in [1.807, 2.05) is 6.92 Å². The maximum absolute atomic E-state index is 13.3. The molecule has 0 aliphatic rings. The number of hydrogen-bond acceptors (Lipinski definition) is 5. The van der Waals surface area contributed by atoms with Crippen LogP contribution in [0.4, 0.5) is 24.5 Å². The monoisotopic (exact) mass is 496 g/mol. The number of anilines is 2. The van der Waals surface area contributed by atoms with Crippen LogP contribution in [-0.2, 0) is 28.0 Å². The molecule has 2 aromatic carbocycles. The molecular formula is C22H23F3N4O4S. The molecule has 0 saturated heterocycles. The van der Waals surface area contributed by atoms with Crippen LogP contribution < -0.4 is 14.4 Å². The van der Waals surface area contributed by atoms with Crippen LogP contribution in [0.2, 0.25) is 0 Å². The Morgan fingerprint density at radius 1 is 1.18 bits per heavy atom. The Kier molecular flexibility index (Phi) is 7.20. The van der Waals surface area contributed by atoms with E-state index < -0.39 is 39.2 Å². The molecule has 1 aromatic heterocycles. The summed E-state index contributed by atoms with van der Waals surface area (Å²) in [5.74, 6) is 0.207. The van der Waals surface area contributed by atoms with Crippen LogP contribution in [0.1, 0.15) is 18.3 Å². The average molecular weight is 497 g/mol. The molecule has 0 bridgehead atoms. The highest BCUT2D eigenvalue weighted by atomic mass is 32.2. The Hall–Kier alpha value is -3.54. The van der Waals surface area contributed by atoms with Gasteiger partial charge in [0.2, 0.25) is 5.91 Å². The van der Waals surface area contributed by atoms with Gasteiger partial charge in [0, 0.05) is 18.9 Å². The van der Waals surface area contributed by atoms with Gasteiger partial charge in [0.25, 0.3) is 10.0 Å². The second-order valence-corrected chi connectivity index (χ2v) is 9.11. The molecule has 34 heavy (non-hydrogen) atoms. The Morgan fingerprint density at radius 3 is 2.41 bits per heavy atom. The van der Waals surface area contributed by atoms with E-state index in [-0.39, 0.29) is 5.69 Å². The highest BCUT2D eigenvalue weighted by Gasteiger charge is 2.34. The lowest BCUT2D eigenvalue weighted by atomic mass is 10.2. The smallest absolute Gasteiger partial charge is 0.416 e. The standard InChI is InChI=1S/C22H23F3N4O4S/c1-4-33-19-10-8-17(9-11-19)27-20(30)13-29(18-7-5-6-16(12-18)22(23,24)25)34(31,32)21-14-28(3)15(2)26-21/h5-12,14H,4,13H2,1-3H3,(H,27,30). The fourth-order valence-electron chi connectivity index (χ4n) is 3.05. The number of benzene rings is 2. The van der Waals surface area contributed by atoms with Crippen molar-refractivity contribution in [2.24, 2.45) is 7.05 Å². The first-order chi connectivity index (χ1) is 15.9. The van der Waals surface area contributed by atoms with Crippen molar-refractivity contribution < 1.29 is 31.1 Å². The third-order valence-corrected chi connectivity index (χ3v) is 6.48. The largest absolute Gasteiger partial charge is 0.494 e. The summed E-state index contributed by atoms with van der Waals surface area (Å²) in [7, 11) is -2.89. The number of sulfonamides is 1. The van der Waals surface area contributed by atoms with Crippen molar-refractivity contribution in [3.05, 3.63) is 66.1 Å². The van der Waals surface area contributed by atoms with Crippen LogP contribution in [0, 0.1) is 6.92 Å². The maximum atomic E-state index is 13.3. The SMILES string of the molecule is CCOc1ccc(NC(=O)CN(c2cccc(C(F)(F)F)c2)S(=O)(=O)c2cn(C)c(C)n2)cc1. The van der Waals surface area contributed by atoms with Crippen molar-refractivity contribution in [1.82, 2.24) is 9.55 Å². The van der Waals surface area contributed by atoms with E-state index in [4.69, 9.17) is 4.74 Å². The van der Waals surface area contributed by atoms with E-state index in [1.165, 1.54) is 16.8 Å². The number of ether oxygens (including phenoxy) is 1. The number of hydrogen-bond donors (Lipinski definition) is 1. The molecule has 0 radical (unpaired) electrons. The summed E-state index contributed by atoms with van der Waals surface area (Å²) in [5.41, 5.74) is -1.00. The third kappa shape index (κ3) is 5.68. The van der Waals surface area contributed by atoms with Gasteiger partial charge in [-0.2, -0.15) is 21.6 Å². The molecule has 182 valence electrons. The minimum Gasteiger partial charge on any atom is -0.494 e. The number of rotatable bonds is 8. The molecule has 12 heteroatoms. The maximum Gasteiger partial charge on any atom is 0.416 e. The Morgan fingerprint density at radius 2 is 1.85 bits per heavy atom. The van der Waals surface area contributed by atoms with Crippen LogP contribution in [0.5, 0.6) is 5.75 Å². The van der Waals surface area contributed by atoms with Crippen LogP contribution in [0.15, 0.2) is 59.8 Å². The minimum atomic E-state index is -4.70. The number of nitrogens with one attached hydrogen (secondary N) is 1. The normalized spacial score (nSPS) is 11.8. The zero-order valence-electron chi connectivity index (χ0n) is 18.6. The van der Waals surface area contributed by atoms with Crippen molar-refractivity contribution in [2.75, 3.05) is 22.8 Å². The Balaban J connectivity index is 1.95. The number of aromatic nitrogens is 2. The molecule has 0 unspecified atom stereocenters. The molecule has 0 saturated carbocycles. The number of aryl methyl sites for hydroxylation is 2. The lowest BCUT2D eigenvalue weighted by Gasteiger charge is -2.24. The predicted molar refractivity (Wildman–Crippen MR) is 120 cm³/mol. The van der Waals surface area contributed by atoms with Crippen molar-refractivity contribution >= 4 is 27.3 Å². The number of carbonyl (C=O) groups is 1. The van der Waals surface area contributed by atoms with Gasteiger partial charge in [0.1, 0.15) is 18.1 Å². The number of nitrogens with zero attached hydrogens (tertiary/aromatic N) is 3. The predicted octanol–water partition coefficient (Wildman–Crippen LogP) is 3.98. The molecule has 0 aliphatic carbocycles. The van der Waals surface area contributed by atoms with Gasteiger partial charge in [0.05, 0.1) is 17.9 Å². The molecule has 0 atom stereocenters. The molecule has 3 aromatic rings. The topological polar surface area (TPSA) is 93.5 Å². The number of carbonyl (C=O) groups excluding carboxylic acids is 1. The number of imidazole rings is 1. The highest BCUT2D eigenvalue weighted by molar-refractivity contribution is 7.92. The average Bonchev–Trinajstić information content (AvgIpc) is 3.12. The van der Waals surface area contributed by atoms with Gasteiger partial charge in [-0.15, -0.1) is 0 Å². The van der Waals surface area contributed by atoms with Crippen molar-refractivity contribution in [1.29, 1.82) is 0 Å². The van der Waals surface area contributed by atoms with Gasteiger partial charge in [-0.25, -0.2) is 4.98 Å². The lowest BCUT2D eigenvalue weighted by molar-refractivity contribution is -0.137. The molecule has 1 heterocycles. The fraction of sp³-hybridized carbons (Fsp3) is 0.273. The zero-order valence-corrected chi connectivity index (χ0v) is 19.4. The molecule has 1 amide bonds. The second-order valence-electron chi connectivity index (χ2n) is 7.30. The second kappa shape index (κ2) is 9.75.